The number of aryl methyl sites for hydroxylation is 2. The predicted octanol–water partition coefficient (Wildman–Crippen LogP) is 3.81. The molecule has 0 radical (unpaired) electrons. The fraction of sp³-hybridized carbons (Fsp3) is 0.182. The van der Waals surface area contributed by atoms with Gasteiger partial charge in [-0.15, -0.1) is 0 Å². The van der Waals surface area contributed by atoms with Crippen molar-refractivity contribution in [2.24, 2.45) is 0 Å². The summed E-state index contributed by atoms with van der Waals surface area (Å²) in [7, 11) is 0. The fourth-order valence-corrected chi connectivity index (χ4v) is 3.65. The van der Waals surface area contributed by atoms with E-state index in [9.17, 15) is 5.11 Å². The van der Waals surface area contributed by atoms with Crippen LogP contribution in [-0.4, -0.2) is 31.6 Å². The van der Waals surface area contributed by atoms with Crippen molar-refractivity contribution in [3.05, 3.63) is 70.8 Å². The number of hydrogen-bond acceptors (Lipinski definition) is 3. The Bertz CT molecular complexity index is 1200. The lowest BCUT2D eigenvalue weighted by molar-refractivity contribution is 0.300. The molecule has 3 aromatic rings. The minimum Gasteiger partial charge on any atom is -0.396 e. The minimum atomic E-state index is 0.119. The number of aliphatic hydroxyl groups is 1. The Balaban J connectivity index is 1.82. The van der Waals surface area contributed by atoms with Gasteiger partial charge >= 0.3 is 0 Å². The van der Waals surface area contributed by atoms with Crippen LogP contribution in [0.2, 0.25) is 0 Å². The third-order valence-corrected chi connectivity index (χ3v) is 4.91. The molecule has 134 valence electrons. The Morgan fingerprint density at radius 1 is 0.778 bits per heavy atom. The van der Waals surface area contributed by atoms with Gasteiger partial charge in [0, 0.05) is 40.1 Å². The van der Waals surface area contributed by atoms with E-state index in [4.69, 9.17) is 4.98 Å². The van der Waals surface area contributed by atoms with Gasteiger partial charge in [0.25, 0.3) is 0 Å². The molecule has 0 unspecified atom stereocenters. The molecule has 0 atom stereocenters. The zero-order valence-electron chi connectivity index (χ0n) is 14.9. The summed E-state index contributed by atoms with van der Waals surface area (Å²) in [5.41, 5.74) is 9.14. The Morgan fingerprint density at radius 3 is 2.26 bits per heavy atom. The normalized spacial score (nSPS) is 13.2. The molecule has 5 rings (SSSR count). The van der Waals surface area contributed by atoms with Gasteiger partial charge in [-0.05, 0) is 79.4 Å². The lowest BCUT2D eigenvalue weighted by atomic mass is 10.2. The van der Waals surface area contributed by atoms with Crippen molar-refractivity contribution >= 4 is 34.2 Å². The number of H-pyrrole nitrogens is 2. The van der Waals surface area contributed by atoms with Gasteiger partial charge in [-0.2, -0.15) is 0 Å². The molecule has 2 aliphatic rings. The predicted molar refractivity (Wildman–Crippen MR) is 108 cm³/mol. The summed E-state index contributed by atoms with van der Waals surface area (Å²) in [6.45, 7) is 0.119. The van der Waals surface area contributed by atoms with Crippen molar-refractivity contribution in [2.75, 3.05) is 6.61 Å². The SMILES string of the molecule is OCCc1cc2cc3nc(cc4ccc(cc5nc(cc1[nH]2)C=C5)[nH]4)CC3. The number of nitrogens with zero attached hydrogens (tertiary/aromatic N) is 2. The third-order valence-electron chi connectivity index (χ3n) is 4.91. The van der Waals surface area contributed by atoms with E-state index in [1.54, 1.807) is 0 Å². The van der Waals surface area contributed by atoms with Gasteiger partial charge in [-0.25, -0.2) is 4.98 Å². The third kappa shape index (κ3) is 3.29. The zero-order valence-corrected chi connectivity index (χ0v) is 14.9. The van der Waals surface area contributed by atoms with Gasteiger partial charge in [0.05, 0.1) is 11.4 Å². The number of fused-ring (bicyclic) bond motifs is 8. The van der Waals surface area contributed by atoms with Crippen LogP contribution in [0.1, 0.15) is 28.3 Å². The molecule has 2 aliphatic heterocycles. The largest absolute Gasteiger partial charge is 0.396 e. The average Bonchev–Trinajstić information content (AvgIpc) is 3.41. The van der Waals surface area contributed by atoms with Crippen LogP contribution in [0.25, 0.3) is 34.2 Å². The van der Waals surface area contributed by atoms with Gasteiger partial charge < -0.3 is 15.1 Å². The van der Waals surface area contributed by atoms with E-state index < -0.39 is 0 Å². The summed E-state index contributed by atoms with van der Waals surface area (Å²) < 4.78 is 0. The van der Waals surface area contributed by atoms with E-state index in [0.717, 1.165) is 63.2 Å². The van der Waals surface area contributed by atoms with E-state index in [-0.39, 0.29) is 6.61 Å². The van der Waals surface area contributed by atoms with E-state index in [2.05, 4.69) is 45.3 Å². The summed E-state index contributed by atoms with van der Waals surface area (Å²) in [6, 6.07) is 14.5. The average molecular weight is 356 g/mol. The smallest absolute Gasteiger partial charge is 0.0658 e. The van der Waals surface area contributed by atoms with Crippen LogP contribution in [-0.2, 0) is 19.3 Å². The molecule has 0 aromatic carbocycles. The minimum absolute atomic E-state index is 0.119. The van der Waals surface area contributed by atoms with E-state index in [1.165, 1.54) is 0 Å². The molecular weight excluding hydrogens is 336 g/mol. The van der Waals surface area contributed by atoms with Crippen molar-refractivity contribution in [3.63, 3.8) is 0 Å². The summed E-state index contributed by atoms with van der Waals surface area (Å²) in [4.78, 5) is 16.3. The quantitative estimate of drug-likeness (QED) is 0.511. The van der Waals surface area contributed by atoms with Crippen molar-refractivity contribution in [2.45, 2.75) is 19.3 Å². The highest BCUT2D eigenvalue weighted by Gasteiger charge is 2.07. The molecule has 3 N–H and O–H groups in total. The molecule has 3 aromatic heterocycles. The topological polar surface area (TPSA) is 77.6 Å². The van der Waals surface area contributed by atoms with E-state index in [0.29, 0.717) is 6.42 Å². The maximum absolute atomic E-state index is 9.40. The molecule has 27 heavy (non-hydrogen) atoms. The number of hydrogen-bond donors (Lipinski definition) is 3. The molecule has 0 amide bonds. The van der Waals surface area contributed by atoms with Gasteiger partial charge in [-0.1, -0.05) is 0 Å². The summed E-state index contributed by atoms with van der Waals surface area (Å²) in [6.07, 6.45) is 6.51. The number of nitrogens with one attached hydrogen (secondary N) is 2. The van der Waals surface area contributed by atoms with Crippen LogP contribution < -0.4 is 0 Å². The van der Waals surface area contributed by atoms with Crippen LogP contribution in [0.15, 0.2) is 42.5 Å². The van der Waals surface area contributed by atoms with Crippen LogP contribution in [0, 0.1) is 0 Å². The maximum Gasteiger partial charge on any atom is 0.0658 e. The van der Waals surface area contributed by atoms with Gasteiger partial charge in [0.15, 0.2) is 0 Å². The van der Waals surface area contributed by atoms with E-state index >= 15 is 0 Å². The summed E-state index contributed by atoms with van der Waals surface area (Å²) >= 11 is 0. The van der Waals surface area contributed by atoms with Crippen molar-refractivity contribution in [1.82, 2.24) is 19.9 Å². The van der Waals surface area contributed by atoms with E-state index in [1.807, 2.05) is 24.3 Å². The van der Waals surface area contributed by atoms with Crippen LogP contribution >= 0.6 is 0 Å². The second kappa shape index (κ2) is 6.52. The van der Waals surface area contributed by atoms with Crippen molar-refractivity contribution < 1.29 is 5.11 Å². The van der Waals surface area contributed by atoms with Gasteiger partial charge in [-0.3, -0.25) is 4.98 Å². The number of rotatable bonds is 2. The highest BCUT2D eigenvalue weighted by Crippen LogP contribution is 2.19. The highest BCUT2D eigenvalue weighted by molar-refractivity contribution is 5.76. The molecule has 5 nitrogen and oxygen atoms in total. The highest BCUT2D eigenvalue weighted by atomic mass is 16.2. The van der Waals surface area contributed by atoms with Gasteiger partial charge in [0.1, 0.15) is 0 Å². The standard InChI is InChI=1S/C22H20N4O/c27-8-7-14-9-21-12-19-4-3-17(24-19)10-15-1-2-16(23-15)11-18-5-6-20(25-18)13-22(14)26-21/h1-2,5-6,9-13,23,26-27H,3-4,7-8H2. The number of aliphatic hydroxyl groups excluding tert-OH is 1. The molecular formula is C22H20N4O. The van der Waals surface area contributed by atoms with Gasteiger partial charge in [0.2, 0.25) is 0 Å². The molecule has 5 heteroatoms. The monoisotopic (exact) mass is 356 g/mol. The lowest BCUT2D eigenvalue weighted by Crippen LogP contribution is -1.88. The first kappa shape index (κ1) is 16.0. The Hall–Kier alpha value is -3.18. The Labute approximate surface area is 156 Å². The summed E-state index contributed by atoms with van der Waals surface area (Å²) in [5, 5.41) is 9.40. The first-order valence-electron chi connectivity index (χ1n) is 9.23. The molecule has 0 saturated carbocycles. The van der Waals surface area contributed by atoms with Crippen LogP contribution in [0.3, 0.4) is 0 Å². The second-order valence-corrected chi connectivity index (χ2v) is 6.97. The first-order valence-corrected chi connectivity index (χ1v) is 9.23. The molecule has 0 spiro atoms. The van der Waals surface area contributed by atoms with Crippen LogP contribution in [0.4, 0.5) is 0 Å². The molecule has 8 bridgehead atoms. The van der Waals surface area contributed by atoms with Crippen LogP contribution in [0.5, 0.6) is 0 Å². The lowest BCUT2D eigenvalue weighted by Gasteiger charge is -1.92. The Morgan fingerprint density at radius 2 is 1.48 bits per heavy atom. The molecule has 0 aliphatic carbocycles. The number of aromatic amines is 2. The van der Waals surface area contributed by atoms with Crippen molar-refractivity contribution in [1.29, 1.82) is 0 Å². The fourth-order valence-electron chi connectivity index (χ4n) is 3.65. The second-order valence-electron chi connectivity index (χ2n) is 6.97. The Kier molecular flexibility index (Phi) is 3.87. The zero-order chi connectivity index (χ0) is 18.2. The summed E-state index contributed by atoms with van der Waals surface area (Å²) in [5.74, 6) is 0. The number of aromatic nitrogens is 4. The first-order chi connectivity index (χ1) is 13.2. The molecule has 0 saturated heterocycles. The maximum atomic E-state index is 9.40. The molecule has 5 heterocycles. The van der Waals surface area contributed by atoms with Crippen molar-refractivity contribution in [3.8, 4) is 0 Å². The molecule has 0 fully saturated rings.